The molecule has 1 heterocycles. The molecule has 0 N–H and O–H groups in total. The van der Waals surface area contributed by atoms with Gasteiger partial charge in [-0.15, -0.1) is 0 Å². The van der Waals surface area contributed by atoms with E-state index in [0.29, 0.717) is 6.20 Å². The first-order chi connectivity index (χ1) is 7.45. The molecule has 0 aromatic carbocycles. The van der Waals surface area contributed by atoms with Crippen LogP contribution in [0.5, 0.6) is 0 Å². The first kappa shape index (κ1) is 10.8. The number of aromatic nitrogens is 2. The van der Waals surface area contributed by atoms with Crippen molar-refractivity contribution in [1.29, 1.82) is 0 Å². The molecular weight excluding hydrogens is 225 g/mol. The molecule has 2 rings (SSSR count). The van der Waals surface area contributed by atoms with E-state index in [1.807, 2.05) is 0 Å². The quantitative estimate of drug-likeness (QED) is 0.725. The van der Waals surface area contributed by atoms with Crippen molar-refractivity contribution in [2.24, 2.45) is 0 Å². The number of carbonyl (C=O) groups excluding carboxylic acids is 1. The smallest absolute Gasteiger partial charge is 0.376 e. The van der Waals surface area contributed by atoms with Crippen molar-refractivity contribution in [3.05, 3.63) is 23.5 Å². The van der Waals surface area contributed by atoms with Gasteiger partial charge in [0.15, 0.2) is 5.82 Å². The molecule has 4 nitrogen and oxygen atoms in total. The van der Waals surface area contributed by atoms with E-state index < -0.39 is 41.6 Å². The predicted molar refractivity (Wildman–Crippen MR) is 45.6 cm³/mol. The molecule has 0 radical (unpaired) electrons. The number of nitrogens with zero attached hydrogens (tertiary/aromatic N) is 2. The van der Waals surface area contributed by atoms with Crippen molar-refractivity contribution in [3.63, 3.8) is 0 Å². The first-order valence-electron chi connectivity index (χ1n) is 4.44. The van der Waals surface area contributed by atoms with Crippen molar-refractivity contribution in [1.82, 2.24) is 9.97 Å². The zero-order valence-electron chi connectivity index (χ0n) is 8.21. The van der Waals surface area contributed by atoms with Gasteiger partial charge in [-0.1, -0.05) is 0 Å². The third-order valence-electron chi connectivity index (χ3n) is 2.30. The van der Waals surface area contributed by atoms with Gasteiger partial charge in [0.1, 0.15) is 0 Å². The van der Waals surface area contributed by atoms with E-state index in [0.717, 1.165) is 7.11 Å². The Balaban J connectivity index is 2.35. The van der Waals surface area contributed by atoms with Crippen LogP contribution in [0, 0.1) is 5.82 Å². The third-order valence-corrected chi connectivity index (χ3v) is 2.30. The summed E-state index contributed by atoms with van der Waals surface area (Å²) in [7, 11) is 1.10. The molecule has 16 heavy (non-hydrogen) atoms. The normalized spacial score (nSPS) is 21.6. The van der Waals surface area contributed by atoms with E-state index in [1.165, 1.54) is 0 Å². The van der Waals surface area contributed by atoms with Gasteiger partial charge in [-0.2, -0.15) is 0 Å². The second-order valence-electron chi connectivity index (χ2n) is 3.44. The van der Waals surface area contributed by atoms with Crippen LogP contribution >= 0.6 is 0 Å². The predicted octanol–water partition coefficient (Wildman–Crippen LogP) is 1.52. The van der Waals surface area contributed by atoms with Crippen molar-refractivity contribution in [3.8, 4) is 0 Å². The number of ether oxygens (including phenoxy) is 1. The average Bonchev–Trinajstić information content (AvgIpc) is 2.87. The van der Waals surface area contributed by atoms with Gasteiger partial charge >= 0.3 is 5.97 Å². The average molecular weight is 232 g/mol. The molecule has 7 heteroatoms. The summed E-state index contributed by atoms with van der Waals surface area (Å²) in [6.45, 7) is 0. The third kappa shape index (κ3) is 1.72. The zero-order valence-corrected chi connectivity index (χ0v) is 8.21. The highest BCUT2D eigenvalue weighted by Crippen LogP contribution is 2.55. The number of hydrogen-bond donors (Lipinski definition) is 0. The van der Waals surface area contributed by atoms with E-state index in [1.54, 1.807) is 0 Å². The molecule has 0 amide bonds. The number of methoxy groups -OCH3 is 1. The van der Waals surface area contributed by atoms with Gasteiger partial charge in [0.05, 0.1) is 24.9 Å². The lowest BCUT2D eigenvalue weighted by Crippen LogP contribution is -2.11. The van der Waals surface area contributed by atoms with E-state index >= 15 is 0 Å². The summed E-state index contributed by atoms with van der Waals surface area (Å²) in [6, 6.07) is 0. The molecule has 1 aromatic heterocycles. The molecule has 1 aromatic rings. The number of rotatable bonds is 2. The maximum atomic E-state index is 13.2. The zero-order chi connectivity index (χ0) is 11.9. The summed E-state index contributed by atoms with van der Waals surface area (Å²) in [4.78, 5) is 17.8. The van der Waals surface area contributed by atoms with Gasteiger partial charge in [-0.25, -0.2) is 27.9 Å². The van der Waals surface area contributed by atoms with Crippen LogP contribution in [0.15, 0.2) is 6.20 Å². The van der Waals surface area contributed by atoms with Crippen LogP contribution in [0.1, 0.15) is 28.7 Å². The van der Waals surface area contributed by atoms with Crippen LogP contribution in [0.3, 0.4) is 0 Å². The number of halogens is 3. The van der Waals surface area contributed by atoms with Crippen molar-refractivity contribution in [2.75, 3.05) is 7.11 Å². The molecule has 0 spiro atoms. The second kappa shape index (κ2) is 3.43. The van der Waals surface area contributed by atoms with Gasteiger partial charge in [-0.05, 0) is 0 Å². The molecule has 1 saturated carbocycles. The minimum atomic E-state index is -2.94. The highest BCUT2D eigenvalue weighted by Gasteiger charge is 2.59. The minimum absolute atomic E-state index is 0.415. The Kier molecular flexibility index (Phi) is 2.32. The molecule has 1 aliphatic carbocycles. The Morgan fingerprint density at radius 3 is 2.75 bits per heavy atom. The molecule has 1 unspecified atom stereocenters. The van der Waals surface area contributed by atoms with Crippen LogP contribution in [-0.2, 0) is 4.74 Å². The van der Waals surface area contributed by atoms with Gasteiger partial charge in [-0.3, -0.25) is 0 Å². The SMILES string of the molecule is COC(=O)c1ncc(F)c(C2CC2(F)F)n1. The fraction of sp³-hybridized carbons (Fsp3) is 0.444. The van der Waals surface area contributed by atoms with E-state index in [9.17, 15) is 18.0 Å². The summed E-state index contributed by atoms with van der Waals surface area (Å²) in [5, 5.41) is 0. The Morgan fingerprint density at radius 2 is 2.25 bits per heavy atom. The lowest BCUT2D eigenvalue weighted by atomic mass is 10.2. The Hall–Kier alpha value is -1.66. The summed E-state index contributed by atoms with van der Waals surface area (Å²) in [5.74, 6) is -6.44. The van der Waals surface area contributed by atoms with Gasteiger partial charge in [0, 0.05) is 6.42 Å². The second-order valence-corrected chi connectivity index (χ2v) is 3.44. The monoisotopic (exact) mass is 232 g/mol. The molecule has 1 atom stereocenters. The Bertz CT molecular complexity index is 450. The molecule has 0 aliphatic heterocycles. The Morgan fingerprint density at radius 1 is 1.62 bits per heavy atom. The summed E-state index contributed by atoms with van der Waals surface area (Å²) in [5.41, 5.74) is -0.430. The fourth-order valence-electron chi connectivity index (χ4n) is 1.32. The van der Waals surface area contributed by atoms with E-state index in [4.69, 9.17) is 0 Å². The van der Waals surface area contributed by atoms with Gasteiger partial charge < -0.3 is 4.74 Å². The summed E-state index contributed by atoms with van der Waals surface area (Å²) < 4.78 is 42.9. The maximum absolute atomic E-state index is 13.2. The van der Waals surface area contributed by atoms with Gasteiger partial charge in [0.25, 0.3) is 5.92 Å². The van der Waals surface area contributed by atoms with E-state index in [2.05, 4.69) is 14.7 Å². The molecule has 0 saturated heterocycles. The lowest BCUT2D eigenvalue weighted by molar-refractivity contribution is 0.0585. The van der Waals surface area contributed by atoms with Crippen LogP contribution < -0.4 is 0 Å². The fourth-order valence-corrected chi connectivity index (χ4v) is 1.32. The highest BCUT2D eigenvalue weighted by atomic mass is 19.3. The number of hydrogen-bond acceptors (Lipinski definition) is 4. The molecular formula is C9H7F3N2O2. The lowest BCUT2D eigenvalue weighted by Gasteiger charge is -2.02. The van der Waals surface area contributed by atoms with Crippen molar-refractivity contribution in [2.45, 2.75) is 18.3 Å². The Labute approximate surface area is 88.5 Å². The molecule has 86 valence electrons. The highest BCUT2D eigenvalue weighted by molar-refractivity contribution is 5.84. The summed E-state index contributed by atoms with van der Waals surface area (Å²) >= 11 is 0. The number of esters is 1. The number of alkyl halides is 2. The van der Waals surface area contributed by atoms with Crippen molar-refractivity contribution >= 4 is 5.97 Å². The molecule has 1 fully saturated rings. The molecule has 0 bridgehead atoms. The van der Waals surface area contributed by atoms with Crippen LogP contribution in [0.25, 0.3) is 0 Å². The topological polar surface area (TPSA) is 52.1 Å². The van der Waals surface area contributed by atoms with Gasteiger partial charge in [0.2, 0.25) is 5.82 Å². The van der Waals surface area contributed by atoms with Crippen LogP contribution in [0.4, 0.5) is 13.2 Å². The summed E-state index contributed by atoms with van der Waals surface area (Å²) in [6.07, 6.45) is 0.241. The molecule has 1 aliphatic rings. The van der Waals surface area contributed by atoms with E-state index in [-0.39, 0.29) is 0 Å². The van der Waals surface area contributed by atoms with Crippen molar-refractivity contribution < 1.29 is 22.7 Å². The largest absolute Gasteiger partial charge is 0.463 e. The maximum Gasteiger partial charge on any atom is 0.376 e. The minimum Gasteiger partial charge on any atom is -0.463 e. The van der Waals surface area contributed by atoms with Crippen LogP contribution in [-0.4, -0.2) is 29.0 Å². The number of carbonyl (C=O) groups is 1. The van der Waals surface area contributed by atoms with Crippen LogP contribution in [0.2, 0.25) is 0 Å². The standard InChI is InChI=1S/C9H7F3N2O2/c1-16-8(15)7-13-3-5(10)6(14-7)4-2-9(4,11)12/h3-4H,2H2,1H3. The first-order valence-corrected chi connectivity index (χ1v) is 4.44.